The minimum absolute atomic E-state index is 0.188. The molecule has 7 heteroatoms. The van der Waals surface area contributed by atoms with Gasteiger partial charge >= 0.3 is 0 Å². The van der Waals surface area contributed by atoms with Gasteiger partial charge in [0.2, 0.25) is 0 Å². The molecule has 2 heterocycles. The molecular formula is C25H25N5O2. The van der Waals surface area contributed by atoms with Gasteiger partial charge in [0, 0.05) is 18.3 Å². The zero-order chi connectivity index (χ0) is 21.9. The summed E-state index contributed by atoms with van der Waals surface area (Å²) >= 11 is 0. The number of hydrogen-bond donors (Lipinski definition) is 3. The van der Waals surface area contributed by atoms with Gasteiger partial charge in [0.1, 0.15) is 5.82 Å². The van der Waals surface area contributed by atoms with Crippen molar-refractivity contribution in [2.75, 3.05) is 0 Å². The van der Waals surface area contributed by atoms with Gasteiger partial charge in [0.15, 0.2) is 0 Å². The number of aromatic amines is 1. The summed E-state index contributed by atoms with van der Waals surface area (Å²) in [5.41, 5.74) is 7.63. The van der Waals surface area contributed by atoms with E-state index in [4.69, 9.17) is 15.2 Å². The highest BCUT2D eigenvalue weighted by Gasteiger charge is 2.28. The Kier molecular flexibility index (Phi) is 5.66. The Balaban J connectivity index is 1.46. The molecule has 1 aliphatic carbocycles. The van der Waals surface area contributed by atoms with Crippen LogP contribution in [0.15, 0.2) is 66.9 Å². The van der Waals surface area contributed by atoms with Crippen LogP contribution in [0.2, 0.25) is 0 Å². The fraction of sp³-hybridized carbons (Fsp3) is 0.240. The molecule has 4 aromatic rings. The number of para-hydroxylation sites is 2. The normalized spacial score (nSPS) is 15.6. The van der Waals surface area contributed by atoms with Gasteiger partial charge < -0.3 is 4.98 Å². The number of aryl methyl sites for hydroxylation is 1. The van der Waals surface area contributed by atoms with Gasteiger partial charge in [-0.3, -0.25) is 19.9 Å². The first-order valence-corrected chi connectivity index (χ1v) is 10.9. The van der Waals surface area contributed by atoms with Crippen LogP contribution in [0.1, 0.15) is 51.9 Å². The van der Waals surface area contributed by atoms with Crippen LogP contribution in [0.3, 0.4) is 0 Å². The Labute approximate surface area is 186 Å². The van der Waals surface area contributed by atoms with E-state index in [-0.39, 0.29) is 6.04 Å². The van der Waals surface area contributed by atoms with E-state index in [0.717, 1.165) is 47.4 Å². The van der Waals surface area contributed by atoms with Crippen molar-refractivity contribution in [1.29, 1.82) is 0 Å². The number of pyridine rings is 1. The second-order valence-corrected chi connectivity index (χ2v) is 8.20. The highest BCUT2D eigenvalue weighted by atomic mass is 16.5. The largest absolute Gasteiger partial charge is 0.341 e. The molecule has 0 spiro atoms. The molecule has 5 rings (SSSR count). The van der Waals surface area contributed by atoms with Crippen molar-refractivity contribution >= 4 is 16.9 Å². The van der Waals surface area contributed by atoms with Crippen LogP contribution in [0, 0.1) is 0 Å². The second-order valence-electron chi connectivity index (χ2n) is 8.20. The first-order valence-electron chi connectivity index (χ1n) is 10.9. The van der Waals surface area contributed by atoms with Crippen LogP contribution in [0.25, 0.3) is 11.0 Å². The molecule has 0 fully saturated rings. The van der Waals surface area contributed by atoms with Gasteiger partial charge in [-0.05, 0) is 60.7 Å². The first-order chi connectivity index (χ1) is 15.7. The molecule has 162 valence electrons. The van der Waals surface area contributed by atoms with E-state index in [1.54, 1.807) is 17.6 Å². The van der Waals surface area contributed by atoms with Crippen LogP contribution >= 0.6 is 0 Å². The average Bonchev–Trinajstić information content (AvgIpc) is 3.26. The van der Waals surface area contributed by atoms with Crippen LogP contribution in [0.5, 0.6) is 0 Å². The molecule has 0 radical (unpaired) electrons. The third kappa shape index (κ3) is 4.12. The van der Waals surface area contributed by atoms with Crippen molar-refractivity contribution in [2.24, 2.45) is 0 Å². The Hall–Kier alpha value is -3.55. The maximum Gasteiger partial charge on any atom is 0.274 e. The number of benzene rings is 2. The van der Waals surface area contributed by atoms with Gasteiger partial charge in [0.25, 0.3) is 5.91 Å². The molecule has 1 amide bonds. The Morgan fingerprint density at radius 1 is 1.09 bits per heavy atom. The number of rotatable bonds is 6. The van der Waals surface area contributed by atoms with E-state index in [1.807, 2.05) is 48.7 Å². The number of H-pyrrole nitrogens is 1. The molecule has 3 N–H and O–H groups in total. The molecular weight excluding hydrogens is 402 g/mol. The SMILES string of the molecule is O=C(NO)c1ccc(CN(Cc2nc3ccccc3[nH]2)C2CCCc3cccnc32)cc1. The molecule has 0 bridgehead atoms. The lowest BCUT2D eigenvalue weighted by molar-refractivity contribution is 0.0706. The number of nitrogens with zero attached hydrogens (tertiary/aromatic N) is 3. The molecule has 2 aromatic heterocycles. The Morgan fingerprint density at radius 3 is 2.75 bits per heavy atom. The minimum atomic E-state index is -0.513. The van der Waals surface area contributed by atoms with E-state index < -0.39 is 5.91 Å². The van der Waals surface area contributed by atoms with E-state index in [0.29, 0.717) is 18.7 Å². The number of carbonyl (C=O) groups excluding carboxylic acids is 1. The Bertz CT molecular complexity index is 1200. The summed E-state index contributed by atoms with van der Waals surface area (Å²) < 4.78 is 0. The van der Waals surface area contributed by atoms with Gasteiger partial charge in [-0.1, -0.05) is 30.3 Å². The molecule has 0 saturated heterocycles. The molecule has 1 aliphatic rings. The van der Waals surface area contributed by atoms with Crippen LogP contribution in [-0.4, -0.2) is 31.0 Å². The summed E-state index contributed by atoms with van der Waals surface area (Å²) in [7, 11) is 0. The number of amides is 1. The van der Waals surface area contributed by atoms with Crippen molar-refractivity contribution < 1.29 is 10.0 Å². The smallest absolute Gasteiger partial charge is 0.274 e. The Morgan fingerprint density at radius 2 is 1.94 bits per heavy atom. The molecule has 0 saturated carbocycles. The topological polar surface area (TPSA) is 94.1 Å². The highest BCUT2D eigenvalue weighted by Crippen LogP contribution is 2.34. The lowest BCUT2D eigenvalue weighted by Crippen LogP contribution is -2.31. The second kappa shape index (κ2) is 8.90. The number of aromatic nitrogens is 3. The number of fused-ring (bicyclic) bond motifs is 2. The van der Waals surface area contributed by atoms with Gasteiger partial charge in [0.05, 0.1) is 29.3 Å². The maximum atomic E-state index is 11.7. The van der Waals surface area contributed by atoms with Crippen molar-refractivity contribution in [2.45, 2.75) is 38.4 Å². The van der Waals surface area contributed by atoms with E-state index in [9.17, 15) is 4.79 Å². The van der Waals surface area contributed by atoms with E-state index >= 15 is 0 Å². The fourth-order valence-corrected chi connectivity index (χ4v) is 4.55. The predicted molar refractivity (Wildman–Crippen MR) is 121 cm³/mol. The van der Waals surface area contributed by atoms with Crippen molar-refractivity contribution in [1.82, 2.24) is 25.3 Å². The summed E-state index contributed by atoms with van der Waals surface area (Å²) in [6.45, 7) is 1.35. The molecule has 0 aliphatic heterocycles. The summed E-state index contributed by atoms with van der Waals surface area (Å²) in [5.74, 6) is 0.409. The van der Waals surface area contributed by atoms with Gasteiger partial charge in [-0.25, -0.2) is 10.5 Å². The predicted octanol–water partition coefficient (Wildman–Crippen LogP) is 4.16. The number of hydroxylamine groups is 1. The molecule has 1 atom stereocenters. The van der Waals surface area contributed by atoms with Crippen molar-refractivity contribution in [3.05, 3.63) is 95.1 Å². The lowest BCUT2D eigenvalue weighted by atomic mass is 9.90. The highest BCUT2D eigenvalue weighted by molar-refractivity contribution is 5.93. The third-order valence-corrected chi connectivity index (χ3v) is 6.10. The van der Waals surface area contributed by atoms with Gasteiger partial charge in [-0.2, -0.15) is 0 Å². The monoisotopic (exact) mass is 427 g/mol. The van der Waals surface area contributed by atoms with Crippen molar-refractivity contribution in [3.8, 4) is 0 Å². The lowest BCUT2D eigenvalue weighted by Gasteiger charge is -2.34. The number of carbonyl (C=O) groups is 1. The summed E-state index contributed by atoms with van der Waals surface area (Å²) in [4.78, 5) is 27.1. The number of imidazole rings is 1. The van der Waals surface area contributed by atoms with Crippen LogP contribution in [-0.2, 0) is 19.5 Å². The van der Waals surface area contributed by atoms with Crippen LogP contribution in [0.4, 0.5) is 0 Å². The minimum Gasteiger partial charge on any atom is -0.341 e. The standard InChI is InChI=1S/C25H25N5O2/c31-25(29-32)19-12-10-17(11-13-19)15-30(16-23-27-20-7-1-2-8-21(20)28-23)22-9-3-5-18-6-4-14-26-24(18)22/h1-2,4,6-8,10-14,22,32H,3,5,9,15-16H2,(H,27,28)(H,29,31). The third-order valence-electron chi connectivity index (χ3n) is 6.10. The quantitative estimate of drug-likeness (QED) is 0.317. The number of nitrogens with one attached hydrogen (secondary N) is 2. The van der Waals surface area contributed by atoms with Crippen molar-refractivity contribution in [3.63, 3.8) is 0 Å². The molecule has 32 heavy (non-hydrogen) atoms. The average molecular weight is 428 g/mol. The summed E-state index contributed by atoms with van der Waals surface area (Å²) in [6.07, 6.45) is 5.09. The van der Waals surface area contributed by atoms with E-state index in [2.05, 4.69) is 16.0 Å². The zero-order valence-corrected chi connectivity index (χ0v) is 17.7. The molecule has 7 nitrogen and oxygen atoms in total. The summed E-state index contributed by atoms with van der Waals surface area (Å²) in [6, 6.07) is 19.8. The zero-order valence-electron chi connectivity index (χ0n) is 17.7. The summed E-state index contributed by atoms with van der Waals surface area (Å²) in [5, 5.41) is 8.86. The molecule has 2 aromatic carbocycles. The fourth-order valence-electron chi connectivity index (χ4n) is 4.55. The van der Waals surface area contributed by atoms with E-state index in [1.165, 1.54) is 5.56 Å². The first kappa shape index (κ1) is 20.4. The van der Waals surface area contributed by atoms with Crippen LogP contribution < -0.4 is 5.48 Å². The van der Waals surface area contributed by atoms with Gasteiger partial charge in [-0.15, -0.1) is 0 Å². The molecule has 1 unspecified atom stereocenters. The number of hydrogen-bond acceptors (Lipinski definition) is 5. The maximum absolute atomic E-state index is 11.7.